The summed E-state index contributed by atoms with van der Waals surface area (Å²) in [6.45, 7) is 0. The lowest BCUT2D eigenvalue weighted by atomic mass is 9.53. The summed E-state index contributed by atoms with van der Waals surface area (Å²) in [6.07, 6.45) is 9.42. The molecule has 0 aliphatic heterocycles. The summed E-state index contributed by atoms with van der Waals surface area (Å²) < 4.78 is 4.91. The number of fused-ring (bicyclic) bond motifs is 3. The highest BCUT2D eigenvalue weighted by atomic mass is 16.5. The van der Waals surface area contributed by atoms with E-state index in [1.54, 1.807) is 6.08 Å². The molecule has 0 aromatic carbocycles. The molecule has 3 heteroatoms. The molecule has 0 radical (unpaired) electrons. The molecule has 0 N–H and O–H groups in total. The third-order valence-electron chi connectivity index (χ3n) is 4.43. The van der Waals surface area contributed by atoms with Gasteiger partial charge in [0, 0.05) is 6.08 Å². The van der Waals surface area contributed by atoms with Crippen molar-refractivity contribution in [3.05, 3.63) is 12.2 Å². The maximum atomic E-state index is 11.8. The van der Waals surface area contributed by atoms with Crippen LogP contribution in [0, 0.1) is 22.2 Å². The summed E-state index contributed by atoms with van der Waals surface area (Å²) in [5.74, 6) is -0.0370. The number of nitriles is 1. The van der Waals surface area contributed by atoms with Crippen LogP contribution in [0.3, 0.4) is 0 Å². The Kier molecular flexibility index (Phi) is 2.75. The van der Waals surface area contributed by atoms with E-state index in [0.29, 0.717) is 0 Å². The van der Waals surface area contributed by atoms with Crippen molar-refractivity contribution in [3.8, 4) is 6.07 Å². The Morgan fingerprint density at radius 2 is 1.81 bits per heavy atom. The highest BCUT2D eigenvalue weighted by Crippen LogP contribution is 2.57. The van der Waals surface area contributed by atoms with Gasteiger partial charge in [0.25, 0.3) is 0 Å². The van der Waals surface area contributed by atoms with Gasteiger partial charge in [-0.3, -0.25) is 4.79 Å². The van der Waals surface area contributed by atoms with Gasteiger partial charge in [-0.25, -0.2) is 0 Å². The van der Waals surface area contributed by atoms with Gasteiger partial charge in [0.15, 0.2) is 0 Å². The minimum atomic E-state index is -0.211. The molecule has 0 aromatic rings. The van der Waals surface area contributed by atoms with Gasteiger partial charge in [0.05, 0.1) is 18.6 Å². The second kappa shape index (κ2) is 3.93. The smallest absolute Gasteiger partial charge is 0.311 e. The van der Waals surface area contributed by atoms with Crippen molar-refractivity contribution in [2.75, 3.05) is 7.11 Å². The lowest BCUT2D eigenvalue weighted by molar-refractivity contribution is -0.161. The van der Waals surface area contributed by atoms with Gasteiger partial charge >= 0.3 is 5.97 Å². The summed E-state index contributed by atoms with van der Waals surface area (Å²) in [7, 11) is 1.48. The fourth-order valence-corrected chi connectivity index (χ4v) is 3.20. The Bertz CT molecular complexity index is 340. The second-order valence-corrected chi connectivity index (χ2v) is 5.10. The lowest BCUT2D eigenvalue weighted by Gasteiger charge is -2.50. The molecule has 3 aliphatic rings. The topological polar surface area (TPSA) is 50.1 Å². The third-order valence-corrected chi connectivity index (χ3v) is 4.43. The molecule has 3 aliphatic carbocycles. The number of hydrogen-bond acceptors (Lipinski definition) is 3. The van der Waals surface area contributed by atoms with Crippen LogP contribution < -0.4 is 0 Å². The molecule has 3 nitrogen and oxygen atoms in total. The molecule has 3 rings (SSSR count). The molecule has 3 saturated carbocycles. The van der Waals surface area contributed by atoms with Crippen LogP contribution in [0.5, 0.6) is 0 Å². The van der Waals surface area contributed by atoms with Gasteiger partial charge in [0.2, 0.25) is 0 Å². The Balaban J connectivity index is 2.12. The molecule has 0 amide bonds. The summed E-state index contributed by atoms with van der Waals surface area (Å²) in [4.78, 5) is 11.8. The molecule has 0 spiro atoms. The summed E-state index contributed by atoms with van der Waals surface area (Å²) >= 11 is 0. The van der Waals surface area contributed by atoms with E-state index in [1.165, 1.54) is 7.11 Å². The molecule has 16 heavy (non-hydrogen) atoms. The predicted octanol–water partition coefficient (Wildman–Crippen LogP) is 2.58. The second-order valence-electron chi connectivity index (χ2n) is 5.10. The van der Waals surface area contributed by atoms with Gasteiger partial charge in [-0.15, -0.1) is 0 Å². The van der Waals surface area contributed by atoms with Crippen molar-refractivity contribution in [1.29, 1.82) is 5.26 Å². The van der Waals surface area contributed by atoms with Crippen LogP contribution in [-0.4, -0.2) is 13.1 Å². The highest BCUT2D eigenvalue weighted by molar-refractivity contribution is 5.77. The van der Waals surface area contributed by atoms with Crippen LogP contribution >= 0.6 is 0 Å². The Morgan fingerprint density at radius 3 is 2.25 bits per heavy atom. The number of esters is 1. The predicted molar refractivity (Wildman–Crippen MR) is 59.3 cm³/mol. The van der Waals surface area contributed by atoms with E-state index in [1.807, 2.05) is 6.08 Å². The first-order valence-electron chi connectivity index (χ1n) is 5.82. The maximum Gasteiger partial charge on any atom is 0.311 e. The molecule has 3 fully saturated rings. The fourth-order valence-electron chi connectivity index (χ4n) is 3.20. The van der Waals surface area contributed by atoms with E-state index in [-0.39, 0.29) is 16.8 Å². The fraction of sp³-hybridized carbons (Fsp3) is 0.692. The average Bonchev–Trinajstić information content (AvgIpc) is 2.37. The van der Waals surface area contributed by atoms with Crippen LogP contribution in [0.25, 0.3) is 0 Å². The molecular weight excluding hydrogens is 202 g/mol. The zero-order valence-corrected chi connectivity index (χ0v) is 9.66. The van der Waals surface area contributed by atoms with E-state index in [9.17, 15) is 4.79 Å². The van der Waals surface area contributed by atoms with Gasteiger partial charge < -0.3 is 4.74 Å². The number of hydrogen-bond donors (Lipinski definition) is 0. The first kappa shape index (κ1) is 11.2. The molecular formula is C13H17NO2. The van der Waals surface area contributed by atoms with Gasteiger partial charge in [0.1, 0.15) is 0 Å². The van der Waals surface area contributed by atoms with Gasteiger partial charge in [-0.1, -0.05) is 6.08 Å². The van der Waals surface area contributed by atoms with Crippen molar-refractivity contribution < 1.29 is 9.53 Å². The summed E-state index contributed by atoms with van der Waals surface area (Å²) in [5, 5.41) is 8.59. The monoisotopic (exact) mass is 219 g/mol. The zero-order valence-electron chi connectivity index (χ0n) is 9.66. The van der Waals surface area contributed by atoms with Crippen molar-refractivity contribution in [2.24, 2.45) is 10.8 Å². The maximum absolute atomic E-state index is 11.8. The van der Waals surface area contributed by atoms with Gasteiger partial charge in [-0.05, 0) is 43.9 Å². The zero-order chi connectivity index (χ0) is 11.6. The van der Waals surface area contributed by atoms with E-state index >= 15 is 0 Å². The molecule has 0 atom stereocenters. The van der Waals surface area contributed by atoms with Gasteiger partial charge in [-0.2, -0.15) is 5.26 Å². The van der Waals surface area contributed by atoms with Crippen LogP contribution in [-0.2, 0) is 9.53 Å². The Morgan fingerprint density at radius 1 is 1.25 bits per heavy atom. The molecule has 0 saturated heterocycles. The van der Waals surface area contributed by atoms with E-state index in [2.05, 4.69) is 6.07 Å². The molecule has 0 heterocycles. The van der Waals surface area contributed by atoms with E-state index < -0.39 is 0 Å². The third kappa shape index (κ3) is 1.63. The van der Waals surface area contributed by atoms with E-state index in [4.69, 9.17) is 10.00 Å². The molecule has 2 bridgehead atoms. The number of carbonyl (C=O) groups excluding carboxylic acids is 1. The largest absolute Gasteiger partial charge is 0.469 e. The Hall–Kier alpha value is -1.30. The number of carbonyl (C=O) groups is 1. The number of allylic oxidation sites excluding steroid dienone is 2. The van der Waals surface area contributed by atoms with Crippen LogP contribution in [0.15, 0.2) is 12.2 Å². The summed E-state index contributed by atoms with van der Waals surface area (Å²) in [5.41, 5.74) is -0.0253. The first-order chi connectivity index (χ1) is 7.66. The average molecular weight is 219 g/mol. The minimum absolute atomic E-state index is 0.0370. The standard InChI is InChI=1S/C13H17NO2/c1-16-11(15)13-7-4-12(5-8-13,6-9-13)3-2-10-14/h2-3H,4-9H2,1H3/b3-2+. The highest BCUT2D eigenvalue weighted by Gasteiger charge is 2.51. The first-order valence-corrected chi connectivity index (χ1v) is 5.82. The minimum Gasteiger partial charge on any atom is -0.469 e. The van der Waals surface area contributed by atoms with Crippen LogP contribution in [0.2, 0.25) is 0 Å². The lowest BCUT2D eigenvalue weighted by Crippen LogP contribution is -2.45. The van der Waals surface area contributed by atoms with Crippen molar-refractivity contribution >= 4 is 5.97 Å². The van der Waals surface area contributed by atoms with Crippen LogP contribution in [0.4, 0.5) is 0 Å². The summed E-state index contributed by atoms with van der Waals surface area (Å²) in [6, 6.07) is 2.06. The normalized spacial score (nSPS) is 37.2. The number of nitrogens with zero attached hydrogens (tertiary/aromatic N) is 1. The van der Waals surface area contributed by atoms with Crippen LogP contribution in [0.1, 0.15) is 38.5 Å². The molecule has 86 valence electrons. The molecule has 0 unspecified atom stereocenters. The molecule has 0 aromatic heterocycles. The number of rotatable bonds is 2. The number of ether oxygens (including phenoxy) is 1. The van der Waals surface area contributed by atoms with E-state index in [0.717, 1.165) is 38.5 Å². The van der Waals surface area contributed by atoms with Crippen molar-refractivity contribution in [1.82, 2.24) is 0 Å². The Labute approximate surface area is 96.1 Å². The number of methoxy groups -OCH3 is 1. The van der Waals surface area contributed by atoms with Crippen molar-refractivity contribution in [3.63, 3.8) is 0 Å². The van der Waals surface area contributed by atoms with Crippen molar-refractivity contribution in [2.45, 2.75) is 38.5 Å². The quantitative estimate of drug-likeness (QED) is 0.529. The SMILES string of the molecule is COC(=O)C12CCC(/C=C/C#N)(CC1)CC2.